The van der Waals surface area contributed by atoms with E-state index in [1.807, 2.05) is 19.0 Å². The second-order valence-corrected chi connectivity index (χ2v) is 5.83. The summed E-state index contributed by atoms with van der Waals surface area (Å²) >= 11 is 0. The van der Waals surface area contributed by atoms with E-state index in [1.165, 1.54) is 19.3 Å². The number of nitrogens with two attached hydrogens (primary N) is 1. The second-order valence-electron chi connectivity index (χ2n) is 5.83. The van der Waals surface area contributed by atoms with Crippen molar-refractivity contribution in [1.82, 2.24) is 19.9 Å². The van der Waals surface area contributed by atoms with Gasteiger partial charge < -0.3 is 10.6 Å². The molecule has 0 aromatic carbocycles. The molecule has 0 saturated carbocycles. The average Bonchev–Trinajstić information content (AvgIpc) is 2.45. The van der Waals surface area contributed by atoms with Crippen LogP contribution in [0.25, 0.3) is 0 Å². The molecule has 1 fully saturated rings. The van der Waals surface area contributed by atoms with Gasteiger partial charge in [-0.3, -0.25) is 4.90 Å². The summed E-state index contributed by atoms with van der Waals surface area (Å²) < 4.78 is 0. The highest BCUT2D eigenvalue weighted by Crippen LogP contribution is 2.27. The maximum atomic E-state index is 5.81. The van der Waals surface area contributed by atoms with Crippen LogP contribution in [0.3, 0.4) is 0 Å². The van der Waals surface area contributed by atoms with Crippen molar-refractivity contribution >= 4 is 11.9 Å². The quantitative estimate of drug-likeness (QED) is 0.904. The van der Waals surface area contributed by atoms with Crippen LogP contribution in [0.15, 0.2) is 0 Å². The fraction of sp³-hybridized carbons (Fsp3) is 0.786. The lowest BCUT2D eigenvalue weighted by molar-refractivity contribution is 0.125. The van der Waals surface area contributed by atoms with Crippen LogP contribution in [-0.2, 0) is 0 Å². The lowest BCUT2D eigenvalue weighted by Crippen LogP contribution is -2.38. The third-order valence-electron chi connectivity index (χ3n) is 4.11. The third-order valence-corrected chi connectivity index (χ3v) is 4.11. The molecule has 20 heavy (non-hydrogen) atoms. The Morgan fingerprint density at radius 1 is 1.35 bits per heavy atom. The summed E-state index contributed by atoms with van der Waals surface area (Å²) in [4.78, 5) is 17.4. The van der Waals surface area contributed by atoms with E-state index in [0.717, 1.165) is 24.8 Å². The van der Waals surface area contributed by atoms with Crippen LogP contribution < -0.4 is 10.6 Å². The summed E-state index contributed by atoms with van der Waals surface area (Å²) in [7, 11) is 3.83. The molecule has 2 N–H and O–H groups in total. The zero-order valence-corrected chi connectivity index (χ0v) is 13.0. The van der Waals surface area contributed by atoms with Crippen molar-refractivity contribution < 1.29 is 0 Å². The number of nitrogen functional groups attached to an aromatic ring is 1. The molecule has 0 bridgehead atoms. The van der Waals surface area contributed by atoms with Gasteiger partial charge in [-0.2, -0.15) is 15.0 Å². The number of hydrogen-bond donors (Lipinski definition) is 1. The molecule has 1 aliphatic heterocycles. The minimum absolute atomic E-state index is 0.188. The Labute approximate surface area is 121 Å². The van der Waals surface area contributed by atoms with Gasteiger partial charge in [-0.05, 0) is 32.2 Å². The van der Waals surface area contributed by atoms with Gasteiger partial charge in [0.1, 0.15) is 0 Å². The lowest BCUT2D eigenvalue weighted by atomic mass is 9.94. The minimum Gasteiger partial charge on any atom is -0.368 e. The molecule has 1 saturated heterocycles. The Morgan fingerprint density at radius 2 is 2.10 bits per heavy atom. The molecule has 2 atom stereocenters. The average molecular weight is 278 g/mol. The van der Waals surface area contributed by atoms with Crippen molar-refractivity contribution in [3.8, 4) is 0 Å². The topological polar surface area (TPSA) is 71.2 Å². The Bertz CT molecular complexity index is 447. The predicted octanol–water partition coefficient (Wildman–Crippen LogP) is 1.70. The number of likely N-dealkylation sites (tertiary alicyclic amines) is 1. The van der Waals surface area contributed by atoms with E-state index in [4.69, 9.17) is 5.73 Å². The van der Waals surface area contributed by atoms with E-state index >= 15 is 0 Å². The molecule has 0 spiro atoms. The normalized spacial score (nSPS) is 21.7. The number of hydrogen-bond acceptors (Lipinski definition) is 6. The molecule has 2 rings (SSSR count). The van der Waals surface area contributed by atoms with Crippen molar-refractivity contribution in [2.75, 3.05) is 37.8 Å². The third kappa shape index (κ3) is 3.36. The standard InChI is InChI=1S/C14H26N6/c1-5-11-7-6-8-20(9-11)10(2)12-16-13(15)18-14(17-12)19(3)4/h10-11H,5-9H2,1-4H3,(H2,15,16,17,18)/t10-,11+/m0/s1. The SMILES string of the molecule is CC[C@@H]1CCCN([C@@H](C)c2nc(N)nc(N(C)C)n2)C1. The monoisotopic (exact) mass is 278 g/mol. The Kier molecular flexibility index (Phi) is 4.75. The lowest BCUT2D eigenvalue weighted by Gasteiger charge is -2.35. The van der Waals surface area contributed by atoms with Gasteiger partial charge >= 0.3 is 0 Å². The number of anilines is 2. The van der Waals surface area contributed by atoms with Crippen LogP contribution in [0.1, 0.15) is 45.0 Å². The van der Waals surface area contributed by atoms with Gasteiger partial charge in [0.2, 0.25) is 11.9 Å². The van der Waals surface area contributed by atoms with Crippen LogP contribution in [0.2, 0.25) is 0 Å². The molecule has 1 aliphatic rings. The highest BCUT2D eigenvalue weighted by molar-refractivity contribution is 5.33. The molecule has 112 valence electrons. The Balaban J connectivity index is 2.17. The number of aromatic nitrogens is 3. The van der Waals surface area contributed by atoms with Crippen LogP contribution in [0.5, 0.6) is 0 Å². The first-order valence-corrected chi connectivity index (χ1v) is 7.44. The largest absolute Gasteiger partial charge is 0.368 e. The molecular weight excluding hydrogens is 252 g/mol. The highest BCUT2D eigenvalue weighted by Gasteiger charge is 2.25. The Morgan fingerprint density at radius 3 is 2.75 bits per heavy atom. The van der Waals surface area contributed by atoms with Gasteiger partial charge in [-0.25, -0.2) is 0 Å². The van der Waals surface area contributed by atoms with Gasteiger partial charge in [-0.15, -0.1) is 0 Å². The molecule has 0 amide bonds. The smallest absolute Gasteiger partial charge is 0.229 e. The van der Waals surface area contributed by atoms with Crippen LogP contribution >= 0.6 is 0 Å². The van der Waals surface area contributed by atoms with Gasteiger partial charge in [0.05, 0.1) is 6.04 Å². The summed E-state index contributed by atoms with van der Waals surface area (Å²) in [6.45, 7) is 6.66. The summed E-state index contributed by atoms with van der Waals surface area (Å²) in [5, 5.41) is 0. The number of rotatable bonds is 4. The molecule has 6 heteroatoms. The van der Waals surface area contributed by atoms with E-state index < -0.39 is 0 Å². The zero-order chi connectivity index (χ0) is 14.7. The summed E-state index contributed by atoms with van der Waals surface area (Å²) in [5.41, 5.74) is 5.81. The fourth-order valence-corrected chi connectivity index (χ4v) is 2.73. The summed E-state index contributed by atoms with van der Waals surface area (Å²) in [5.74, 6) is 2.50. The van der Waals surface area contributed by atoms with Crippen molar-refractivity contribution in [2.45, 2.75) is 39.2 Å². The summed E-state index contributed by atoms with van der Waals surface area (Å²) in [6.07, 6.45) is 3.83. The molecule has 1 aromatic heterocycles. The van der Waals surface area contributed by atoms with Crippen molar-refractivity contribution in [3.63, 3.8) is 0 Å². The molecule has 2 heterocycles. The van der Waals surface area contributed by atoms with Gasteiger partial charge in [-0.1, -0.05) is 13.3 Å². The van der Waals surface area contributed by atoms with Crippen LogP contribution in [0, 0.1) is 5.92 Å². The van der Waals surface area contributed by atoms with Crippen molar-refractivity contribution in [1.29, 1.82) is 0 Å². The minimum atomic E-state index is 0.188. The molecule has 6 nitrogen and oxygen atoms in total. The second kappa shape index (κ2) is 6.35. The molecule has 0 radical (unpaired) electrons. The highest BCUT2D eigenvalue weighted by atomic mass is 15.3. The van der Waals surface area contributed by atoms with Crippen LogP contribution in [-0.4, -0.2) is 47.0 Å². The zero-order valence-electron chi connectivity index (χ0n) is 13.0. The molecule has 0 unspecified atom stereocenters. The Hall–Kier alpha value is -1.43. The van der Waals surface area contributed by atoms with E-state index in [-0.39, 0.29) is 6.04 Å². The maximum Gasteiger partial charge on any atom is 0.229 e. The van der Waals surface area contributed by atoms with Crippen molar-refractivity contribution in [3.05, 3.63) is 5.82 Å². The number of nitrogens with zero attached hydrogens (tertiary/aromatic N) is 5. The van der Waals surface area contributed by atoms with E-state index in [0.29, 0.717) is 11.9 Å². The van der Waals surface area contributed by atoms with Crippen LogP contribution in [0.4, 0.5) is 11.9 Å². The van der Waals surface area contributed by atoms with Gasteiger partial charge in [0.25, 0.3) is 0 Å². The first kappa shape index (κ1) is 15.0. The first-order chi connectivity index (χ1) is 9.51. The predicted molar refractivity (Wildman–Crippen MR) is 81.6 cm³/mol. The van der Waals surface area contributed by atoms with Gasteiger partial charge in [0, 0.05) is 20.6 Å². The van der Waals surface area contributed by atoms with E-state index in [9.17, 15) is 0 Å². The molecule has 1 aromatic rings. The van der Waals surface area contributed by atoms with E-state index in [2.05, 4.69) is 33.7 Å². The molecule has 0 aliphatic carbocycles. The fourth-order valence-electron chi connectivity index (χ4n) is 2.73. The summed E-state index contributed by atoms with van der Waals surface area (Å²) in [6, 6.07) is 0.188. The van der Waals surface area contributed by atoms with Gasteiger partial charge in [0.15, 0.2) is 5.82 Å². The maximum absolute atomic E-state index is 5.81. The van der Waals surface area contributed by atoms with Crippen molar-refractivity contribution in [2.24, 2.45) is 5.92 Å². The number of piperidine rings is 1. The van der Waals surface area contributed by atoms with E-state index in [1.54, 1.807) is 0 Å². The first-order valence-electron chi connectivity index (χ1n) is 7.44. The molecular formula is C14H26N6.